The van der Waals surface area contributed by atoms with Crippen molar-refractivity contribution in [2.75, 3.05) is 27.4 Å². The van der Waals surface area contributed by atoms with Crippen LogP contribution in [0.3, 0.4) is 0 Å². The van der Waals surface area contributed by atoms with Crippen LogP contribution in [0.2, 0.25) is 0 Å². The van der Waals surface area contributed by atoms with Crippen molar-refractivity contribution in [1.29, 1.82) is 0 Å². The first-order valence-electron chi connectivity index (χ1n) is 10.6. The largest absolute Gasteiger partial charge is 0.493 e. The predicted molar refractivity (Wildman–Crippen MR) is 112 cm³/mol. The molecule has 0 spiro atoms. The van der Waals surface area contributed by atoms with E-state index >= 15 is 0 Å². The van der Waals surface area contributed by atoms with Crippen molar-refractivity contribution in [3.63, 3.8) is 0 Å². The van der Waals surface area contributed by atoms with Crippen LogP contribution in [0.4, 0.5) is 0 Å². The molecule has 1 saturated heterocycles. The van der Waals surface area contributed by atoms with Crippen molar-refractivity contribution in [1.82, 2.24) is 0 Å². The Bertz CT molecular complexity index is 1020. The summed E-state index contributed by atoms with van der Waals surface area (Å²) in [7, 11) is 3.14. The second-order valence-electron chi connectivity index (χ2n) is 8.19. The maximum atomic E-state index is 10.2. The number of hydrogen-bond donors (Lipinski definition) is 4. The molecule has 0 saturated carbocycles. The number of methoxy groups -OCH3 is 2. The summed E-state index contributed by atoms with van der Waals surface area (Å²) in [4.78, 5) is 0. The molecule has 0 bridgehead atoms. The molecule has 0 aliphatic carbocycles. The van der Waals surface area contributed by atoms with E-state index in [4.69, 9.17) is 28.4 Å². The fourth-order valence-electron chi connectivity index (χ4n) is 4.58. The minimum atomic E-state index is -1.52. The normalized spacial score (nSPS) is 32.0. The van der Waals surface area contributed by atoms with Crippen LogP contribution in [0.25, 0.3) is 0 Å². The third kappa shape index (κ3) is 3.54. The van der Waals surface area contributed by atoms with Crippen LogP contribution in [0.1, 0.15) is 23.1 Å². The highest BCUT2D eigenvalue weighted by atomic mass is 16.7. The Morgan fingerprint density at radius 3 is 2.48 bits per heavy atom. The Morgan fingerprint density at radius 2 is 1.76 bits per heavy atom. The van der Waals surface area contributed by atoms with Crippen molar-refractivity contribution in [2.24, 2.45) is 0 Å². The van der Waals surface area contributed by atoms with Gasteiger partial charge in [-0.15, -0.1) is 0 Å². The van der Waals surface area contributed by atoms with Gasteiger partial charge in [0.15, 0.2) is 11.5 Å². The van der Waals surface area contributed by atoms with E-state index in [0.717, 1.165) is 11.1 Å². The zero-order valence-corrected chi connectivity index (χ0v) is 18.1. The molecule has 3 heterocycles. The third-order valence-electron chi connectivity index (χ3n) is 6.35. The van der Waals surface area contributed by atoms with E-state index in [2.05, 4.69) is 0 Å². The van der Waals surface area contributed by atoms with Crippen molar-refractivity contribution < 1.29 is 48.8 Å². The lowest BCUT2D eigenvalue weighted by Crippen LogP contribution is -2.60. The topological polar surface area (TPSA) is 136 Å². The maximum absolute atomic E-state index is 10.2. The number of hydrogen-bond acceptors (Lipinski definition) is 10. The highest BCUT2D eigenvalue weighted by Gasteiger charge is 2.46. The van der Waals surface area contributed by atoms with E-state index in [1.165, 1.54) is 0 Å². The maximum Gasteiger partial charge on any atom is 0.229 e. The Labute approximate surface area is 189 Å². The summed E-state index contributed by atoms with van der Waals surface area (Å²) in [5.74, 6) is 2.60. The lowest BCUT2D eigenvalue weighted by molar-refractivity contribution is -0.277. The summed E-state index contributed by atoms with van der Waals surface area (Å²) >= 11 is 0. The van der Waals surface area contributed by atoms with Crippen molar-refractivity contribution in [3.8, 4) is 28.7 Å². The summed E-state index contributed by atoms with van der Waals surface area (Å²) in [6, 6.07) is 8.93. The number of aliphatic hydroxyl groups is 4. The molecule has 10 heteroatoms. The molecule has 0 radical (unpaired) electrons. The van der Waals surface area contributed by atoms with Crippen LogP contribution in [-0.2, 0) is 4.74 Å². The average Bonchev–Trinajstić information content (AvgIpc) is 3.22. The number of rotatable bonds is 5. The summed E-state index contributed by atoms with van der Waals surface area (Å²) in [5, 5.41) is 39.5. The summed E-state index contributed by atoms with van der Waals surface area (Å²) in [6.07, 6.45) is -7.09. The van der Waals surface area contributed by atoms with Gasteiger partial charge in [-0.25, -0.2) is 0 Å². The SMILES string of the molecule is COc1ccc2c(c1OC)O[C@H]1c3ccc(O[C@H]4O[C@@H](CO)[C@H](O)[C@@H](O)[C@@H]4O)cc3OC[C@H]21. The molecular weight excluding hydrogens is 436 g/mol. The lowest BCUT2D eigenvalue weighted by Gasteiger charge is -2.39. The van der Waals surface area contributed by atoms with Gasteiger partial charge < -0.3 is 48.8 Å². The summed E-state index contributed by atoms with van der Waals surface area (Å²) < 4.78 is 34.3. The van der Waals surface area contributed by atoms with Crippen LogP contribution in [0.15, 0.2) is 30.3 Å². The van der Waals surface area contributed by atoms with Crippen LogP contribution >= 0.6 is 0 Å². The lowest BCUT2D eigenvalue weighted by atomic mass is 9.89. The van der Waals surface area contributed by atoms with Crippen LogP contribution in [0.5, 0.6) is 28.7 Å². The first-order chi connectivity index (χ1) is 16.0. The molecule has 7 atom stereocenters. The van der Waals surface area contributed by atoms with E-state index in [0.29, 0.717) is 35.4 Å². The standard InChI is InChI=1S/C23H26O10/c1-28-14-6-5-11-13-9-30-15-7-10(3-4-12(15)20(13)33-21(11)22(14)29-2)31-23-19(27)18(26)17(25)16(8-24)32-23/h3-7,13,16-20,23-27H,8-9H2,1-2H3/t13-,16+,17+,18-,19+,20+,23+/m1/s1. The fraction of sp³-hybridized carbons (Fsp3) is 0.478. The van der Waals surface area contributed by atoms with Gasteiger partial charge in [-0.1, -0.05) is 6.07 Å². The quantitative estimate of drug-likeness (QED) is 0.497. The molecule has 1 fully saturated rings. The molecular formula is C23H26O10. The molecule has 3 aliphatic rings. The second-order valence-corrected chi connectivity index (χ2v) is 8.19. The van der Waals surface area contributed by atoms with Gasteiger partial charge in [-0.3, -0.25) is 0 Å². The molecule has 4 N–H and O–H groups in total. The van der Waals surface area contributed by atoms with E-state index < -0.39 is 37.3 Å². The van der Waals surface area contributed by atoms with Crippen molar-refractivity contribution in [3.05, 3.63) is 41.5 Å². The van der Waals surface area contributed by atoms with Gasteiger partial charge in [0.2, 0.25) is 12.0 Å². The molecule has 178 valence electrons. The average molecular weight is 462 g/mol. The van der Waals surface area contributed by atoms with E-state index in [9.17, 15) is 20.4 Å². The first kappa shape index (κ1) is 22.1. The van der Waals surface area contributed by atoms with Crippen LogP contribution in [-0.4, -0.2) is 78.6 Å². The van der Waals surface area contributed by atoms with Gasteiger partial charge in [-0.2, -0.15) is 0 Å². The smallest absolute Gasteiger partial charge is 0.229 e. The molecule has 0 aromatic heterocycles. The second kappa shape index (κ2) is 8.54. The van der Waals surface area contributed by atoms with Gasteiger partial charge in [0, 0.05) is 17.2 Å². The summed E-state index contributed by atoms with van der Waals surface area (Å²) in [6.45, 7) is -0.156. The van der Waals surface area contributed by atoms with Gasteiger partial charge in [-0.05, 0) is 18.2 Å². The Kier molecular flexibility index (Phi) is 5.71. The monoisotopic (exact) mass is 462 g/mol. The van der Waals surface area contributed by atoms with Gasteiger partial charge in [0.05, 0.1) is 33.4 Å². The Hall–Kier alpha value is -2.76. The number of ether oxygens (including phenoxy) is 6. The van der Waals surface area contributed by atoms with Crippen molar-refractivity contribution >= 4 is 0 Å². The highest BCUT2D eigenvalue weighted by Crippen LogP contribution is 2.56. The number of benzene rings is 2. The summed E-state index contributed by atoms with van der Waals surface area (Å²) in [5.41, 5.74) is 1.80. The molecule has 3 aliphatic heterocycles. The van der Waals surface area contributed by atoms with Gasteiger partial charge >= 0.3 is 0 Å². The van der Waals surface area contributed by atoms with Crippen molar-refractivity contribution in [2.45, 2.75) is 42.7 Å². The predicted octanol–water partition coefficient (Wildman–Crippen LogP) is 0.492. The minimum absolute atomic E-state index is 0.0236. The van der Waals surface area contributed by atoms with Gasteiger partial charge in [0.1, 0.15) is 42.0 Å². The third-order valence-corrected chi connectivity index (χ3v) is 6.35. The molecule has 0 unspecified atom stereocenters. The Balaban J connectivity index is 1.38. The zero-order chi connectivity index (χ0) is 23.3. The molecule has 2 aromatic carbocycles. The minimum Gasteiger partial charge on any atom is -0.493 e. The molecule has 10 nitrogen and oxygen atoms in total. The Morgan fingerprint density at radius 1 is 0.970 bits per heavy atom. The zero-order valence-electron chi connectivity index (χ0n) is 18.1. The molecule has 2 aromatic rings. The molecule has 33 heavy (non-hydrogen) atoms. The first-order valence-corrected chi connectivity index (χ1v) is 10.6. The number of fused-ring (bicyclic) bond motifs is 5. The van der Waals surface area contributed by atoms with Crippen LogP contribution < -0.4 is 23.7 Å². The highest BCUT2D eigenvalue weighted by molar-refractivity contribution is 5.61. The van der Waals surface area contributed by atoms with E-state index in [-0.39, 0.29) is 12.0 Å². The van der Waals surface area contributed by atoms with E-state index in [1.807, 2.05) is 12.1 Å². The molecule has 0 amide bonds. The van der Waals surface area contributed by atoms with E-state index in [1.54, 1.807) is 32.4 Å². The van der Waals surface area contributed by atoms with Crippen LogP contribution in [0, 0.1) is 0 Å². The van der Waals surface area contributed by atoms with Gasteiger partial charge in [0.25, 0.3) is 0 Å². The molecule has 5 rings (SSSR count). The number of aliphatic hydroxyl groups excluding tert-OH is 4. The fourth-order valence-corrected chi connectivity index (χ4v) is 4.58.